The summed E-state index contributed by atoms with van der Waals surface area (Å²) in [5, 5.41) is 14.3. The van der Waals surface area contributed by atoms with Gasteiger partial charge in [-0.3, -0.25) is 0 Å². The number of hydrogen-bond donors (Lipinski definition) is 3. The molecular weight excluding hydrogens is 256 g/mol. The van der Waals surface area contributed by atoms with Crippen molar-refractivity contribution in [2.24, 2.45) is 0 Å². The fourth-order valence-corrected chi connectivity index (χ4v) is 1.46. The maximum Gasteiger partial charge on any atom is 0.337 e. The third-order valence-corrected chi connectivity index (χ3v) is 2.77. The Hall–Kier alpha value is -1.75. The standard InChI is InChI=1S/C12H15ClN2O3/c1-3-7(2)14-12(18)15-8-4-5-10(13)9(6-8)11(16)17/h4-7H,3H2,1-2H3,(H,16,17)(H2,14,15,18). The molecule has 0 heterocycles. The number of aromatic carboxylic acids is 1. The first-order chi connectivity index (χ1) is 8.43. The monoisotopic (exact) mass is 270 g/mol. The summed E-state index contributed by atoms with van der Waals surface area (Å²) in [6.07, 6.45) is 0.814. The molecule has 2 amide bonds. The van der Waals surface area contributed by atoms with E-state index in [9.17, 15) is 9.59 Å². The first-order valence-electron chi connectivity index (χ1n) is 5.54. The van der Waals surface area contributed by atoms with Gasteiger partial charge in [-0.05, 0) is 31.5 Å². The molecule has 18 heavy (non-hydrogen) atoms. The SMILES string of the molecule is CCC(C)NC(=O)Nc1ccc(Cl)c(C(=O)O)c1. The molecule has 0 spiro atoms. The lowest BCUT2D eigenvalue weighted by atomic mass is 10.2. The second kappa shape index (κ2) is 6.26. The minimum atomic E-state index is -1.13. The second-order valence-electron chi connectivity index (χ2n) is 3.91. The van der Waals surface area contributed by atoms with Crippen molar-refractivity contribution in [3.63, 3.8) is 0 Å². The molecule has 0 aliphatic heterocycles. The topological polar surface area (TPSA) is 78.4 Å². The van der Waals surface area contributed by atoms with Crippen LogP contribution in [0.15, 0.2) is 18.2 Å². The molecule has 1 rings (SSSR count). The number of hydrogen-bond acceptors (Lipinski definition) is 2. The van der Waals surface area contributed by atoms with Crippen molar-refractivity contribution >= 4 is 29.3 Å². The number of carboxylic acid groups (broad SMARTS) is 1. The van der Waals surface area contributed by atoms with Crippen LogP contribution in [0.1, 0.15) is 30.6 Å². The zero-order valence-corrected chi connectivity index (χ0v) is 10.9. The minimum absolute atomic E-state index is 0.0435. The second-order valence-corrected chi connectivity index (χ2v) is 4.31. The summed E-state index contributed by atoms with van der Waals surface area (Å²) in [7, 11) is 0. The summed E-state index contributed by atoms with van der Waals surface area (Å²) in [5.41, 5.74) is 0.343. The van der Waals surface area contributed by atoms with Crippen LogP contribution in [0.4, 0.5) is 10.5 Å². The molecule has 98 valence electrons. The normalized spacial score (nSPS) is 11.7. The Morgan fingerprint density at radius 1 is 1.44 bits per heavy atom. The van der Waals surface area contributed by atoms with Crippen LogP contribution in [-0.2, 0) is 0 Å². The van der Waals surface area contributed by atoms with E-state index in [0.717, 1.165) is 6.42 Å². The molecule has 0 bridgehead atoms. The largest absolute Gasteiger partial charge is 0.478 e. The number of carboxylic acids is 1. The third-order valence-electron chi connectivity index (χ3n) is 2.44. The van der Waals surface area contributed by atoms with Crippen LogP contribution in [-0.4, -0.2) is 23.1 Å². The first-order valence-corrected chi connectivity index (χ1v) is 5.92. The van der Waals surface area contributed by atoms with Crippen LogP contribution >= 0.6 is 11.6 Å². The van der Waals surface area contributed by atoms with Crippen LogP contribution < -0.4 is 10.6 Å². The number of amides is 2. The van der Waals surface area contributed by atoms with E-state index in [1.54, 1.807) is 6.07 Å². The molecule has 0 aliphatic carbocycles. The van der Waals surface area contributed by atoms with Gasteiger partial charge in [0.05, 0.1) is 10.6 Å². The van der Waals surface area contributed by atoms with Gasteiger partial charge >= 0.3 is 12.0 Å². The number of anilines is 1. The van der Waals surface area contributed by atoms with Gasteiger partial charge in [0.15, 0.2) is 0 Å². The van der Waals surface area contributed by atoms with E-state index in [0.29, 0.717) is 5.69 Å². The number of rotatable bonds is 4. The Bertz CT molecular complexity index is 463. The number of carbonyl (C=O) groups excluding carboxylic acids is 1. The van der Waals surface area contributed by atoms with E-state index in [1.807, 2.05) is 13.8 Å². The number of nitrogens with one attached hydrogen (secondary N) is 2. The molecule has 6 heteroatoms. The minimum Gasteiger partial charge on any atom is -0.478 e. The maximum absolute atomic E-state index is 11.5. The van der Waals surface area contributed by atoms with E-state index < -0.39 is 5.97 Å². The van der Waals surface area contributed by atoms with Gasteiger partial charge in [0.1, 0.15) is 0 Å². The molecule has 3 N–H and O–H groups in total. The summed E-state index contributed by atoms with van der Waals surface area (Å²) in [4.78, 5) is 22.4. The van der Waals surface area contributed by atoms with E-state index in [1.165, 1.54) is 12.1 Å². The van der Waals surface area contributed by atoms with Crippen molar-refractivity contribution in [3.05, 3.63) is 28.8 Å². The Labute approximate surface area is 110 Å². The lowest BCUT2D eigenvalue weighted by Crippen LogP contribution is -2.35. The average Bonchev–Trinajstić information content (AvgIpc) is 2.31. The highest BCUT2D eigenvalue weighted by molar-refractivity contribution is 6.33. The zero-order chi connectivity index (χ0) is 13.7. The summed E-state index contributed by atoms with van der Waals surface area (Å²) in [5.74, 6) is -1.13. The third kappa shape index (κ3) is 3.92. The van der Waals surface area contributed by atoms with Gasteiger partial charge in [0.25, 0.3) is 0 Å². The lowest BCUT2D eigenvalue weighted by Gasteiger charge is -2.13. The van der Waals surface area contributed by atoms with Gasteiger partial charge in [-0.25, -0.2) is 9.59 Å². The van der Waals surface area contributed by atoms with E-state index in [-0.39, 0.29) is 22.7 Å². The summed E-state index contributed by atoms with van der Waals surface area (Å²) in [6.45, 7) is 3.83. The summed E-state index contributed by atoms with van der Waals surface area (Å²) < 4.78 is 0. The van der Waals surface area contributed by atoms with Crippen molar-refractivity contribution in [2.45, 2.75) is 26.3 Å². The summed E-state index contributed by atoms with van der Waals surface area (Å²) in [6, 6.07) is 3.98. The van der Waals surface area contributed by atoms with Crippen LogP contribution in [0.5, 0.6) is 0 Å². The predicted molar refractivity (Wildman–Crippen MR) is 70.3 cm³/mol. The van der Waals surface area contributed by atoms with Gasteiger partial charge in [0.2, 0.25) is 0 Å². The molecule has 1 unspecified atom stereocenters. The Morgan fingerprint density at radius 3 is 2.67 bits per heavy atom. The number of carbonyl (C=O) groups is 2. The Balaban J connectivity index is 2.76. The molecule has 0 aromatic heterocycles. The molecule has 0 saturated carbocycles. The fourth-order valence-electron chi connectivity index (χ4n) is 1.26. The van der Waals surface area contributed by atoms with Crippen LogP contribution in [0, 0.1) is 0 Å². The maximum atomic E-state index is 11.5. The van der Waals surface area contributed by atoms with Crippen LogP contribution in [0.25, 0.3) is 0 Å². The van der Waals surface area contributed by atoms with Gasteiger partial charge in [-0.1, -0.05) is 18.5 Å². The van der Waals surface area contributed by atoms with Gasteiger partial charge in [-0.15, -0.1) is 0 Å². The average molecular weight is 271 g/mol. The smallest absolute Gasteiger partial charge is 0.337 e. The van der Waals surface area contributed by atoms with Crippen LogP contribution in [0.2, 0.25) is 5.02 Å². The molecule has 5 nitrogen and oxygen atoms in total. The molecule has 0 radical (unpaired) electrons. The fraction of sp³-hybridized carbons (Fsp3) is 0.333. The van der Waals surface area contributed by atoms with Crippen molar-refractivity contribution in [1.29, 1.82) is 0 Å². The predicted octanol–water partition coefficient (Wildman–Crippen LogP) is 2.96. The molecule has 1 atom stereocenters. The van der Waals surface area contributed by atoms with Gasteiger partial charge in [-0.2, -0.15) is 0 Å². The lowest BCUT2D eigenvalue weighted by molar-refractivity contribution is 0.0697. The van der Waals surface area contributed by atoms with Gasteiger partial charge in [0, 0.05) is 11.7 Å². The van der Waals surface area contributed by atoms with E-state index in [2.05, 4.69) is 10.6 Å². The molecule has 0 aliphatic rings. The number of halogens is 1. The molecular formula is C12H15ClN2O3. The molecule has 0 saturated heterocycles. The Morgan fingerprint density at radius 2 is 2.11 bits per heavy atom. The van der Waals surface area contributed by atoms with Crippen molar-refractivity contribution in [1.82, 2.24) is 5.32 Å². The van der Waals surface area contributed by atoms with Gasteiger partial charge < -0.3 is 15.7 Å². The van der Waals surface area contributed by atoms with Crippen molar-refractivity contribution < 1.29 is 14.7 Å². The van der Waals surface area contributed by atoms with Crippen molar-refractivity contribution in [2.75, 3.05) is 5.32 Å². The van der Waals surface area contributed by atoms with Crippen LogP contribution in [0.3, 0.4) is 0 Å². The van der Waals surface area contributed by atoms with Crippen molar-refractivity contribution in [3.8, 4) is 0 Å². The molecule has 0 fully saturated rings. The van der Waals surface area contributed by atoms with E-state index in [4.69, 9.17) is 16.7 Å². The number of benzene rings is 1. The zero-order valence-electron chi connectivity index (χ0n) is 10.2. The number of urea groups is 1. The quantitative estimate of drug-likeness (QED) is 0.787. The highest BCUT2D eigenvalue weighted by atomic mass is 35.5. The first kappa shape index (κ1) is 14.3. The highest BCUT2D eigenvalue weighted by Gasteiger charge is 2.11. The molecule has 1 aromatic rings. The summed E-state index contributed by atoms with van der Waals surface area (Å²) >= 11 is 5.73. The van der Waals surface area contributed by atoms with E-state index >= 15 is 0 Å². The molecule has 1 aromatic carbocycles. The Kier molecular flexibility index (Phi) is 4.97. The highest BCUT2D eigenvalue weighted by Crippen LogP contribution is 2.20.